The van der Waals surface area contributed by atoms with Gasteiger partial charge in [0.25, 0.3) is 5.24 Å². The van der Waals surface area contributed by atoms with Gasteiger partial charge in [-0.25, -0.2) is 0 Å². The molecule has 1 atom stereocenters. The highest BCUT2D eigenvalue weighted by Crippen LogP contribution is 2.35. The molecule has 0 aliphatic carbocycles. The van der Waals surface area contributed by atoms with Gasteiger partial charge < -0.3 is 9.67 Å². The number of rotatable bonds is 5. The van der Waals surface area contributed by atoms with E-state index in [2.05, 4.69) is 0 Å². The molecule has 1 unspecified atom stereocenters. The molecule has 130 valence electrons. The molecule has 0 fully saturated rings. The summed E-state index contributed by atoms with van der Waals surface area (Å²) >= 11 is 11.5. The van der Waals surface area contributed by atoms with Crippen LogP contribution in [0, 0.1) is 6.92 Å². The number of aliphatic hydroxyl groups excluding tert-OH is 1. The van der Waals surface area contributed by atoms with E-state index in [-0.39, 0.29) is 18.1 Å². The van der Waals surface area contributed by atoms with E-state index >= 15 is 0 Å². The number of hydrogen-bond donors (Lipinski definition) is 1. The van der Waals surface area contributed by atoms with Crippen LogP contribution in [0.15, 0.2) is 30.5 Å². The van der Waals surface area contributed by atoms with Crippen molar-refractivity contribution in [2.45, 2.75) is 19.1 Å². The van der Waals surface area contributed by atoms with E-state index in [1.54, 1.807) is 17.7 Å². The Balaban J connectivity index is 2.65. The van der Waals surface area contributed by atoms with E-state index in [0.29, 0.717) is 16.8 Å². The molecular formula is C16H14Cl2F3NO2. The molecule has 2 rings (SSSR count). The molecule has 24 heavy (non-hydrogen) atoms. The number of aliphatic hydroxyl groups is 1. The summed E-state index contributed by atoms with van der Waals surface area (Å²) in [6, 6.07) is 3.85. The highest BCUT2D eigenvalue weighted by atomic mass is 35.5. The zero-order chi connectivity index (χ0) is 18.1. The van der Waals surface area contributed by atoms with Crippen LogP contribution in [0.4, 0.5) is 13.2 Å². The third kappa shape index (κ3) is 3.61. The number of aromatic nitrogens is 1. The third-order valence-corrected chi connectivity index (χ3v) is 4.23. The minimum Gasteiger partial charge on any atom is -0.394 e. The Morgan fingerprint density at radius 1 is 1.29 bits per heavy atom. The maximum Gasteiger partial charge on any atom is 0.416 e. The molecule has 0 aliphatic rings. The van der Waals surface area contributed by atoms with Crippen LogP contribution in [0.1, 0.15) is 27.5 Å². The normalized spacial score (nSPS) is 13.1. The maximum atomic E-state index is 12.7. The van der Waals surface area contributed by atoms with Gasteiger partial charge in [0.05, 0.1) is 29.5 Å². The van der Waals surface area contributed by atoms with Crippen molar-refractivity contribution >= 4 is 28.4 Å². The van der Waals surface area contributed by atoms with Crippen LogP contribution in [0.2, 0.25) is 0 Å². The number of aryl methyl sites for hydroxylation is 1. The summed E-state index contributed by atoms with van der Waals surface area (Å²) < 4.78 is 39.7. The first-order valence-electron chi connectivity index (χ1n) is 6.96. The van der Waals surface area contributed by atoms with Gasteiger partial charge in [-0.2, -0.15) is 13.2 Å². The van der Waals surface area contributed by atoms with Gasteiger partial charge in [0, 0.05) is 12.1 Å². The second kappa shape index (κ2) is 7.17. The fourth-order valence-corrected chi connectivity index (χ4v) is 3.00. The molecule has 2 aromatic rings. The number of benzene rings is 1. The van der Waals surface area contributed by atoms with Gasteiger partial charge in [0.15, 0.2) is 0 Å². The number of alkyl halides is 4. The fraction of sp³-hybridized carbons (Fsp3) is 0.312. The SMILES string of the molecule is Cc1cn(C(CO)CCl)c(-c2ccc(C(F)(F)F)cc2)c1C(=O)Cl. The van der Waals surface area contributed by atoms with Crippen molar-refractivity contribution in [1.29, 1.82) is 0 Å². The summed E-state index contributed by atoms with van der Waals surface area (Å²) in [5.74, 6) is 0.0637. The molecule has 3 nitrogen and oxygen atoms in total. The summed E-state index contributed by atoms with van der Waals surface area (Å²) in [6.45, 7) is 1.36. The Morgan fingerprint density at radius 3 is 2.29 bits per heavy atom. The monoisotopic (exact) mass is 379 g/mol. The lowest BCUT2D eigenvalue weighted by molar-refractivity contribution is -0.137. The zero-order valence-electron chi connectivity index (χ0n) is 12.6. The predicted octanol–water partition coefficient (Wildman–Crippen LogP) is 4.63. The van der Waals surface area contributed by atoms with Gasteiger partial charge in [-0.1, -0.05) is 12.1 Å². The molecule has 0 amide bonds. The minimum atomic E-state index is -4.45. The van der Waals surface area contributed by atoms with Crippen LogP contribution < -0.4 is 0 Å². The van der Waals surface area contributed by atoms with Crippen molar-refractivity contribution in [3.63, 3.8) is 0 Å². The van der Waals surface area contributed by atoms with Crippen LogP contribution >= 0.6 is 23.2 Å². The van der Waals surface area contributed by atoms with Crippen molar-refractivity contribution in [2.24, 2.45) is 0 Å². The molecule has 0 saturated carbocycles. The average Bonchev–Trinajstić information content (AvgIpc) is 2.85. The second-order valence-electron chi connectivity index (χ2n) is 5.28. The van der Waals surface area contributed by atoms with Crippen LogP contribution in [0.3, 0.4) is 0 Å². The van der Waals surface area contributed by atoms with Crippen molar-refractivity contribution in [2.75, 3.05) is 12.5 Å². The molecule has 0 bridgehead atoms. The lowest BCUT2D eigenvalue weighted by Gasteiger charge is -2.18. The van der Waals surface area contributed by atoms with Gasteiger partial charge in [-0.3, -0.25) is 4.79 Å². The van der Waals surface area contributed by atoms with Gasteiger partial charge in [0.1, 0.15) is 0 Å². The van der Waals surface area contributed by atoms with Gasteiger partial charge in [-0.05, 0) is 41.8 Å². The Bertz CT molecular complexity index is 735. The van der Waals surface area contributed by atoms with Crippen LogP contribution in [-0.2, 0) is 6.18 Å². The Hall–Kier alpha value is -1.50. The fourth-order valence-electron chi connectivity index (χ4n) is 2.51. The summed E-state index contributed by atoms with van der Waals surface area (Å²) in [5, 5.41) is 8.74. The topological polar surface area (TPSA) is 42.2 Å². The Kier molecular flexibility index (Phi) is 5.63. The Labute approximate surface area is 146 Å². The largest absolute Gasteiger partial charge is 0.416 e. The van der Waals surface area contributed by atoms with E-state index in [9.17, 15) is 23.1 Å². The average molecular weight is 380 g/mol. The van der Waals surface area contributed by atoms with E-state index in [4.69, 9.17) is 23.2 Å². The van der Waals surface area contributed by atoms with Gasteiger partial charge >= 0.3 is 6.18 Å². The minimum absolute atomic E-state index is 0.0637. The molecule has 1 aromatic heterocycles. The summed E-state index contributed by atoms with van der Waals surface area (Å²) in [7, 11) is 0. The highest BCUT2D eigenvalue weighted by molar-refractivity contribution is 6.68. The highest BCUT2D eigenvalue weighted by Gasteiger charge is 2.30. The molecule has 1 aromatic carbocycles. The van der Waals surface area contributed by atoms with Crippen molar-refractivity contribution < 1.29 is 23.1 Å². The zero-order valence-corrected chi connectivity index (χ0v) is 14.1. The maximum absolute atomic E-state index is 12.7. The molecule has 1 heterocycles. The summed E-state index contributed by atoms with van der Waals surface area (Å²) in [6.07, 6.45) is -2.85. The van der Waals surface area contributed by atoms with E-state index in [1.807, 2.05) is 0 Å². The second-order valence-corrected chi connectivity index (χ2v) is 5.93. The number of carbonyl (C=O) groups is 1. The summed E-state index contributed by atoms with van der Waals surface area (Å²) in [5.41, 5.74) is 0.647. The lowest BCUT2D eigenvalue weighted by atomic mass is 10.0. The van der Waals surface area contributed by atoms with Crippen LogP contribution in [-0.4, -0.2) is 27.4 Å². The molecule has 0 radical (unpaired) electrons. The van der Waals surface area contributed by atoms with Gasteiger partial charge in [0.2, 0.25) is 0 Å². The molecule has 0 spiro atoms. The van der Waals surface area contributed by atoms with Crippen molar-refractivity contribution in [1.82, 2.24) is 4.57 Å². The van der Waals surface area contributed by atoms with Crippen LogP contribution in [0.25, 0.3) is 11.3 Å². The number of nitrogens with zero attached hydrogens (tertiary/aromatic N) is 1. The molecule has 0 saturated heterocycles. The number of carbonyl (C=O) groups excluding carboxylic acids is 1. The standard InChI is InChI=1S/C16H14Cl2F3NO2/c1-9-7-22(12(6-17)8-23)14(13(9)15(18)24)10-2-4-11(5-3-10)16(19,20)21/h2-5,7,12,23H,6,8H2,1H3. The molecule has 0 aliphatic heterocycles. The number of hydrogen-bond acceptors (Lipinski definition) is 2. The first kappa shape index (κ1) is 18.8. The first-order chi connectivity index (χ1) is 11.2. The smallest absolute Gasteiger partial charge is 0.394 e. The van der Waals surface area contributed by atoms with Crippen molar-refractivity contribution in [3.05, 3.63) is 47.2 Å². The third-order valence-electron chi connectivity index (χ3n) is 3.69. The van der Waals surface area contributed by atoms with E-state index in [1.165, 1.54) is 12.1 Å². The molecule has 1 N–H and O–H groups in total. The number of halogens is 5. The quantitative estimate of drug-likeness (QED) is 0.607. The first-order valence-corrected chi connectivity index (χ1v) is 7.87. The predicted molar refractivity (Wildman–Crippen MR) is 86.6 cm³/mol. The van der Waals surface area contributed by atoms with Crippen molar-refractivity contribution in [3.8, 4) is 11.3 Å². The van der Waals surface area contributed by atoms with E-state index < -0.39 is 23.0 Å². The lowest BCUT2D eigenvalue weighted by Crippen LogP contribution is -2.15. The molecular weight excluding hydrogens is 366 g/mol. The summed E-state index contributed by atoms with van der Waals surface area (Å²) in [4.78, 5) is 11.8. The van der Waals surface area contributed by atoms with E-state index in [0.717, 1.165) is 12.1 Å². The van der Waals surface area contributed by atoms with Gasteiger partial charge in [-0.15, -0.1) is 11.6 Å². The van der Waals surface area contributed by atoms with Crippen LogP contribution in [0.5, 0.6) is 0 Å². The Morgan fingerprint density at radius 2 is 1.88 bits per heavy atom. The molecule has 8 heteroatoms.